The van der Waals surface area contributed by atoms with Crippen molar-refractivity contribution in [2.24, 2.45) is 0 Å². The van der Waals surface area contributed by atoms with Crippen LogP contribution in [0.25, 0.3) is 0 Å². The number of hydrogen-bond donors (Lipinski definition) is 0. The highest BCUT2D eigenvalue weighted by Gasteiger charge is 2.23. The number of methoxy groups -OCH3 is 1. The molecule has 0 saturated carbocycles. The van der Waals surface area contributed by atoms with Crippen molar-refractivity contribution in [3.63, 3.8) is 0 Å². The van der Waals surface area contributed by atoms with Gasteiger partial charge in [0, 0.05) is 25.8 Å². The number of anilines is 1. The number of benzene rings is 1. The Labute approximate surface area is 100 Å². The Balaban J connectivity index is 2.27. The number of aldehydes is 1. The third-order valence-electron chi connectivity index (χ3n) is 3.10. The minimum atomic E-state index is 0.229. The molecule has 0 aliphatic carbocycles. The van der Waals surface area contributed by atoms with Gasteiger partial charge in [0.1, 0.15) is 12.4 Å². The number of nitriles is 1. The average Bonchev–Trinajstić information content (AvgIpc) is 2.86. The second kappa shape index (κ2) is 4.98. The van der Waals surface area contributed by atoms with Crippen LogP contribution in [0.5, 0.6) is 0 Å². The highest BCUT2D eigenvalue weighted by Crippen LogP contribution is 2.25. The molecule has 1 aromatic carbocycles. The lowest BCUT2D eigenvalue weighted by atomic mass is 10.1. The maximum Gasteiger partial charge on any atom is 0.150 e. The molecule has 4 nitrogen and oxygen atoms in total. The maximum atomic E-state index is 10.7. The summed E-state index contributed by atoms with van der Waals surface area (Å²) in [7, 11) is 1.70. The van der Waals surface area contributed by atoms with Crippen molar-refractivity contribution in [1.82, 2.24) is 0 Å². The van der Waals surface area contributed by atoms with E-state index in [2.05, 4.69) is 11.0 Å². The van der Waals surface area contributed by atoms with Gasteiger partial charge >= 0.3 is 0 Å². The number of rotatable bonds is 3. The summed E-state index contributed by atoms with van der Waals surface area (Å²) in [6.45, 7) is 1.68. The number of carbonyl (C=O) groups is 1. The molecule has 0 radical (unpaired) electrons. The molecule has 1 atom stereocenters. The van der Waals surface area contributed by atoms with Crippen molar-refractivity contribution in [2.75, 3.05) is 25.1 Å². The van der Waals surface area contributed by atoms with Crippen LogP contribution in [0.1, 0.15) is 22.3 Å². The Morgan fingerprint density at radius 2 is 2.41 bits per heavy atom. The van der Waals surface area contributed by atoms with E-state index in [0.717, 1.165) is 31.5 Å². The Morgan fingerprint density at radius 3 is 3.00 bits per heavy atom. The summed E-state index contributed by atoms with van der Waals surface area (Å²) in [5.41, 5.74) is 1.97. The molecule has 17 heavy (non-hydrogen) atoms. The first-order chi connectivity index (χ1) is 8.28. The van der Waals surface area contributed by atoms with Crippen LogP contribution in [0.2, 0.25) is 0 Å². The second-order valence-corrected chi connectivity index (χ2v) is 4.10. The molecule has 1 aliphatic heterocycles. The van der Waals surface area contributed by atoms with Crippen LogP contribution in [0, 0.1) is 11.3 Å². The fourth-order valence-electron chi connectivity index (χ4n) is 2.13. The van der Waals surface area contributed by atoms with Crippen LogP contribution in [0.15, 0.2) is 18.2 Å². The lowest BCUT2D eigenvalue weighted by Crippen LogP contribution is -2.23. The minimum Gasteiger partial charge on any atom is -0.380 e. The number of nitrogens with zero attached hydrogens (tertiary/aromatic N) is 2. The third kappa shape index (κ3) is 2.29. The molecule has 88 valence electrons. The van der Waals surface area contributed by atoms with E-state index in [1.54, 1.807) is 19.2 Å². The minimum absolute atomic E-state index is 0.229. The molecule has 1 saturated heterocycles. The molecule has 1 aromatic rings. The van der Waals surface area contributed by atoms with Crippen LogP contribution < -0.4 is 4.90 Å². The smallest absolute Gasteiger partial charge is 0.150 e. The fourth-order valence-corrected chi connectivity index (χ4v) is 2.13. The van der Waals surface area contributed by atoms with Crippen molar-refractivity contribution in [2.45, 2.75) is 12.5 Å². The van der Waals surface area contributed by atoms with Crippen LogP contribution in [-0.4, -0.2) is 32.6 Å². The summed E-state index contributed by atoms with van der Waals surface area (Å²) >= 11 is 0. The first-order valence-electron chi connectivity index (χ1n) is 5.55. The van der Waals surface area contributed by atoms with Crippen molar-refractivity contribution < 1.29 is 9.53 Å². The van der Waals surface area contributed by atoms with Gasteiger partial charge in [-0.1, -0.05) is 0 Å². The molecule has 2 rings (SSSR count). The van der Waals surface area contributed by atoms with E-state index >= 15 is 0 Å². The highest BCUT2D eigenvalue weighted by atomic mass is 16.5. The molecule has 1 fully saturated rings. The van der Waals surface area contributed by atoms with Crippen LogP contribution in [0.4, 0.5) is 5.69 Å². The summed E-state index contributed by atoms with van der Waals surface area (Å²) in [6, 6.07) is 7.34. The van der Waals surface area contributed by atoms with E-state index in [9.17, 15) is 4.79 Å². The molecule has 0 N–H and O–H groups in total. The van der Waals surface area contributed by atoms with Crippen LogP contribution in [-0.2, 0) is 4.74 Å². The molecule has 0 aromatic heterocycles. The van der Waals surface area contributed by atoms with Gasteiger partial charge in [0.2, 0.25) is 0 Å². The van der Waals surface area contributed by atoms with Gasteiger partial charge in [-0.05, 0) is 24.6 Å². The van der Waals surface area contributed by atoms with Gasteiger partial charge in [-0.15, -0.1) is 0 Å². The SMILES string of the molecule is COC1CCN(c2ccc(C=O)cc2C#N)C1. The number of ether oxygens (including phenoxy) is 1. The van der Waals surface area contributed by atoms with Gasteiger partial charge in [0.25, 0.3) is 0 Å². The van der Waals surface area contributed by atoms with E-state index in [-0.39, 0.29) is 6.10 Å². The zero-order valence-electron chi connectivity index (χ0n) is 9.72. The predicted molar refractivity (Wildman–Crippen MR) is 64.2 cm³/mol. The van der Waals surface area contributed by atoms with Crippen molar-refractivity contribution in [3.05, 3.63) is 29.3 Å². The normalized spacial score (nSPS) is 19.1. The number of hydrogen-bond acceptors (Lipinski definition) is 4. The highest BCUT2D eigenvalue weighted by molar-refractivity contribution is 5.78. The Kier molecular flexibility index (Phi) is 3.40. The zero-order chi connectivity index (χ0) is 12.3. The molecule has 4 heteroatoms. The summed E-state index contributed by atoms with van der Waals surface area (Å²) < 4.78 is 5.30. The fraction of sp³-hybridized carbons (Fsp3) is 0.385. The van der Waals surface area contributed by atoms with Crippen molar-refractivity contribution in [3.8, 4) is 6.07 Å². The first kappa shape index (κ1) is 11.6. The van der Waals surface area contributed by atoms with E-state index in [4.69, 9.17) is 10.00 Å². The van der Waals surface area contributed by atoms with Crippen molar-refractivity contribution in [1.29, 1.82) is 5.26 Å². The molecular formula is C13H14N2O2. The number of carbonyl (C=O) groups excluding carboxylic acids is 1. The Hall–Kier alpha value is -1.86. The topological polar surface area (TPSA) is 53.3 Å². The molecule has 1 unspecified atom stereocenters. The standard InChI is InChI=1S/C13H14N2O2/c1-17-12-4-5-15(8-12)13-3-2-10(9-16)6-11(13)7-14/h2-3,6,9,12H,4-5,8H2,1H3. The van der Waals surface area contributed by atoms with Crippen molar-refractivity contribution >= 4 is 12.0 Å². The van der Waals surface area contributed by atoms with Gasteiger partial charge in [-0.25, -0.2) is 0 Å². The van der Waals surface area contributed by atoms with Gasteiger partial charge in [0.05, 0.1) is 17.4 Å². The van der Waals surface area contributed by atoms with E-state index in [1.165, 1.54) is 0 Å². The quantitative estimate of drug-likeness (QED) is 0.740. The first-order valence-corrected chi connectivity index (χ1v) is 5.55. The van der Waals surface area contributed by atoms with Gasteiger partial charge in [0.15, 0.2) is 0 Å². The second-order valence-electron chi connectivity index (χ2n) is 4.10. The summed E-state index contributed by atoms with van der Waals surface area (Å²) in [5, 5.41) is 9.10. The summed E-state index contributed by atoms with van der Waals surface area (Å²) in [6.07, 6.45) is 1.95. The monoisotopic (exact) mass is 230 g/mol. The molecule has 0 bridgehead atoms. The molecule has 0 spiro atoms. The lowest BCUT2D eigenvalue weighted by molar-refractivity contribution is 0.112. The molecule has 0 amide bonds. The predicted octanol–water partition coefficient (Wildman–Crippen LogP) is 1.60. The van der Waals surface area contributed by atoms with Gasteiger partial charge in [-0.3, -0.25) is 4.79 Å². The molecule has 1 aliphatic rings. The van der Waals surface area contributed by atoms with E-state index in [1.807, 2.05) is 6.07 Å². The Morgan fingerprint density at radius 1 is 1.59 bits per heavy atom. The van der Waals surface area contributed by atoms with E-state index in [0.29, 0.717) is 11.1 Å². The largest absolute Gasteiger partial charge is 0.380 e. The summed E-state index contributed by atoms with van der Waals surface area (Å²) in [5.74, 6) is 0. The van der Waals surface area contributed by atoms with Gasteiger partial charge in [-0.2, -0.15) is 5.26 Å². The summed E-state index contributed by atoms with van der Waals surface area (Å²) in [4.78, 5) is 12.8. The van der Waals surface area contributed by atoms with Gasteiger partial charge < -0.3 is 9.64 Å². The van der Waals surface area contributed by atoms with Crippen LogP contribution in [0.3, 0.4) is 0 Å². The Bertz CT molecular complexity index is 465. The van der Waals surface area contributed by atoms with Crippen LogP contribution >= 0.6 is 0 Å². The lowest BCUT2D eigenvalue weighted by Gasteiger charge is -2.19. The van der Waals surface area contributed by atoms with E-state index < -0.39 is 0 Å². The molecular weight excluding hydrogens is 216 g/mol. The zero-order valence-corrected chi connectivity index (χ0v) is 9.72. The average molecular weight is 230 g/mol. The maximum absolute atomic E-state index is 10.7. The molecule has 1 heterocycles. The third-order valence-corrected chi connectivity index (χ3v) is 3.10.